The molecule has 1 saturated carbocycles. The number of halogens is 2. The van der Waals surface area contributed by atoms with Crippen molar-refractivity contribution in [2.75, 3.05) is 13.2 Å². The van der Waals surface area contributed by atoms with Crippen LogP contribution in [-0.4, -0.2) is 30.9 Å². The molecule has 3 rings (SSSR count). The minimum atomic E-state index is -0.398. The van der Waals surface area contributed by atoms with Crippen molar-refractivity contribution in [1.82, 2.24) is 5.32 Å². The second-order valence-corrected chi connectivity index (χ2v) is 6.30. The highest BCUT2D eigenvalue weighted by Gasteiger charge is 2.40. The van der Waals surface area contributed by atoms with Gasteiger partial charge in [-0.3, -0.25) is 4.79 Å². The molecule has 6 heteroatoms. The van der Waals surface area contributed by atoms with E-state index in [2.05, 4.69) is 5.32 Å². The summed E-state index contributed by atoms with van der Waals surface area (Å²) in [6.45, 7) is 1.33. The summed E-state index contributed by atoms with van der Waals surface area (Å²) in [4.78, 5) is 12.2. The maximum absolute atomic E-state index is 12.2. The fourth-order valence-electron chi connectivity index (χ4n) is 2.89. The highest BCUT2D eigenvalue weighted by atomic mass is 35.5. The Balaban J connectivity index is 1.57. The van der Waals surface area contributed by atoms with E-state index in [4.69, 9.17) is 32.7 Å². The highest BCUT2D eigenvalue weighted by Crippen LogP contribution is 2.35. The monoisotopic (exact) mass is 329 g/mol. The zero-order chi connectivity index (χ0) is 14.9. The molecule has 2 aliphatic rings. The summed E-state index contributed by atoms with van der Waals surface area (Å²) in [5.74, 6) is -0.520. The van der Waals surface area contributed by atoms with Gasteiger partial charge in [-0.2, -0.15) is 0 Å². The van der Waals surface area contributed by atoms with E-state index >= 15 is 0 Å². The fraction of sp³-hybridized carbons (Fsp3) is 0.533. The van der Waals surface area contributed by atoms with E-state index in [1.807, 2.05) is 0 Å². The lowest BCUT2D eigenvalue weighted by atomic mass is 9.90. The smallest absolute Gasteiger partial charge is 0.251 e. The van der Waals surface area contributed by atoms with Crippen LogP contribution >= 0.6 is 23.2 Å². The normalized spacial score (nSPS) is 21.6. The van der Waals surface area contributed by atoms with Crippen molar-refractivity contribution in [3.8, 4) is 0 Å². The lowest BCUT2D eigenvalue weighted by molar-refractivity contribution is -0.179. The topological polar surface area (TPSA) is 47.6 Å². The van der Waals surface area contributed by atoms with Gasteiger partial charge in [0.2, 0.25) is 0 Å². The Morgan fingerprint density at radius 3 is 2.43 bits per heavy atom. The molecule has 2 fully saturated rings. The van der Waals surface area contributed by atoms with Crippen molar-refractivity contribution in [3.63, 3.8) is 0 Å². The van der Waals surface area contributed by atoms with Crippen molar-refractivity contribution in [3.05, 3.63) is 33.8 Å². The number of amides is 1. The van der Waals surface area contributed by atoms with E-state index in [1.54, 1.807) is 18.2 Å². The Hall–Kier alpha value is -0.810. The van der Waals surface area contributed by atoms with Crippen LogP contribution in [0.3, 0.4) is 0 Å². The number of carbonyl (C=O) groups is 1. The van der Waals surface area contributed by atoms with Gasteiger partial charge in [-0.1, -0.05) is 23.2 Å². The predicted molar refractivity (Wildman–Crippen MR) is 80.8 cm³/mol. The van der Waals surface area contributed by atoms with Crippen LogP contribution in [0.4, 0.5) is 0 Å². The molecular formula is C15H17Cl2NO3. The van der Waals surface area contributed by atoms with Crippen LogP contribution in [0, 0.1) is 0 Å². The summed E-state index contributed by atoms with van der Waals surface area (Å²) in [5, 5.41) is 3.87. The summed E-state index contributed by atoms with van der Waals surface area (Å²) in [7, 11) is 0. The van der Waals surface area contributed by atoms with Crippen molar-refractivity contribution in [2.24, 2.45) is 0 Å². The number of hydrogen-bond donors (Lipinski definition) is 1. The van der Waals surface area contributed by atoms with Crippen LogP contribution in [0.15, 0.2) is 18.2 Å². The van der Waals surface area contributed by atoms with Gasteiger partial charge in [0.05, 0.1) is 23.3 Å². The van der Waals surface area contributed by atoms with E-state index in [-0.39, 0.29) is 11.9 Å². The molecule has 1 aromatic rings. The lowest BCUT2D eigenvalue weighted by Gasteiger charge is -2.35. The Kier molecular flexibility index (Phi) is 4.41. The number of hydrogen-bond acceptors (Lipinski definition) is 3. The first-order chi connectivity index (χ1) is 10.1. The van der Waals surface area contributed by atoms with Crippen molar-refractivity contribution in [1.29, 1.82) is 0 Å². The third kappa shape index (κ3) is 3.34. The molecule has 0 atom stereocenters. The van der Waals surface area contributed by atoms with Gasteiger partial charge in [0.15, 0.2) is 5.79 Å². The second kappa shape index (κ2) is 6.13. The number of carbonyl (C=O) groups excluding carboxylic acids is 1. The average Bonchev–Trinajstić information content (AvgIpc) is 2.93. The standard InChI is InChI=1S/C15H17Cl2NO3/c16-12-2-1-10(9-13(12)17)14(19)18-11-3-5-15(6-4-11)20-7-8-21-15/h1-2,9,11H,3-8H2,(H,18,19). The van der Waals surface area contributed by atoms with Gasteiger partial charge in [0.25, 0.3) is 5.91 Å². The molecular weight excluding hydrogens is 313 g/mol. The van der Waals surface area contributed by atoms with Gasteiger partial charge in [0.1, 0.15) is 0 Å². The van der Waals surface area contributed by atoms with Crippen LogP contribution in [0.1, 0.15) is 36.0 Å². The third-order valence-electron chi connectivity index (χ3n) is 4.08. The number of benzene rings is 1. The Bertz CT molecular complexity index is 534. The van der Waals surface area contributed by atoms with E-state index in [1.165, 1.54) is 0 Å². The van der Waals surface area contributed by atoms with Crippen LogP contribution in [0.2, 0.25) is 10.0 Å². The predicted octanol–water partition coefficient (Wildman–Crippen LogP) is 3.41. The van der Waals surface area contributed by atoms with Gasteiger partial charge >= 0.3 is 0 Å². The Morgan fingerprint density at radius 1 is 1.14 bits per heavy atom. The summed E-state index contributed by atoms with van der Waals surface area (Å²) >= 11 is 11.8. The molecule has 114 valence electrons. The maximum atomic E-state index is 12.2. The van der Waals surface area contributed by atoms with Gasteiger partial charge < -0.3 is 14.8 Å². The SMILES string of the molecule is O=C(NC1CCC2(CC1)OCCO2)c1ccc(Cl)c(Cl)c1. The molecule has 1 aromatic carbocycles. The molecule has 0 unspecified atom stereocenters. The first-order valence-corrected chi connectivity index (χ1v) is 7.87. The zero-order valence-corrected chi connectivity index (χ0v) is 13.0. The molecule has 21 heavy (non-hydrogen) atoms. The molecule has 1 amide bonds. The molecule has 1 saturated heterocycles. The Labute approximate surface area is 133 Å². The molecule has 0 bridgehead atoms. The maximum Gasteiger partial charge on any atom is 0.251 e. The second-order valence-electron chi connectivity index (χ2n) is 5.48. The highest BCUT2D eigenvalue weighted by molar-refractivity contribution is 6.42. The van der Waals surface area contributed by atoms with E-state index in [0.717, 1.165) is 25.7 Å². The quantitative estimate of drug-likeness (QED) is 0.904. The third-order valence-corrected chi connectivity index (χ3v) is 4.82. The van der Waals surface area contributed by atoms with E-state index in [9.17, 15) is 4.79 Å². The van der Waals surface area contributed by atoms with Gasteiger partial charge in [-0.05, 0) is 31.0 Å². The number of rotatable bonds is 2. The van der Waals surface area contributed by atoms with Crippen LogP contribution in [0.25, 0.3) is 0 Å². The molecule has 1 aliphatic carbocycles. The van der Waals surface area contributed by atoms with Gasteiger partial charge in [-0.15, -0.1) is 0 Å². The molecule has 1 spiro atoms. The van der Waals surface area contributed by atoms with Crippen molar-refractivity contribution in [2.45, 2.75) is 37.5 Å². The van der Waals surface area contributed by atoms with E-state index < -0.39 is 5.79 Å². The molecule has 0 aromatic heterocycles. The molecule has 1 N–H and O–H groups in total. The number of ether oxygens (including phenoxy) is 2. The minimum Gasteiger partial charge on any atom is -0.349 e. The molecule has 1 aliphatic heterocycles. The first-order valence-electron chi connectivity index (χ1n) is 7.12. The summed E-state index contributed by atoms with van der Waals surface area (Å²) in [6.07, 6.45) is 3.35. The summed E-state index contributed by atoms with van der Waals surface area (Å²) in [6, 6.07) is 5.05. The Morgan fingerprint density at radius 2 is 1.81 bits per heavy atom. The molecule has 1 heterocycles. The van der Waals surface area contributed by atoms with Crippen LogP contribution in [0.5, 0.6) is 0 Å². The largest absolute Gasteiger partial charge is 0.349 e. The van der Waals surface area contributed by atoms with Crippen LogP contribution in [-0.2, 0) is 9.47 Å². The van der Waals surface area contributed by atoms with Crippen molar-refractivity contribution >= 4 is 29.1 Å². The van der Waals surface area contributed by atoms with Crippen molar-refractivity contribution < 1.29 is 14.3 Å². The zero-order valence-electron chi connectivity index (χ0n) is 11.5. The van der Waals surface area contributed by atoms with Gasteiger partial charge in [0, 0.05) is 24.4 Å². The lowest BCUT2D eigenvalue weighted by Crippen LogP contribution is -2.44. The average molecular weight is 330 g/mol. The molecule has 0 radical (unpaired) electrons. The summed E-state index contributed by atoms with van der Waals surface area (Å²) < 4.78 is 11.4. The number of nitrogens with one attached hydrogen (secondary N) is 1. The van der Waals surface area contributed by atoms with Crippen LogP contribution < -0.4 is 5.32 Å². The summed E-state index contributed by atoms with van der Waals surface area (Å²) in [5.41, 5.74) is 0.526. The van der Waals surface area contributed by atoms with Gasteiger partial charge in [-0.25, -0.2) is 0 Å². The fourth-order valence-corrected chi connectivity index (χ4v) is 3.19. The molecule has 4 nitrogen and oxygen atoms in total. The first kappa shape index (κ1) is 15.1. The van der Waals surface area contributed by atoms with E-state index in [0.29, 0.717) is 28.8 Å². The minimum absolute atomic E-state index is 0.122.